The Kier molecular flexibility index (Phi) is 4.01. The van der Waals surface area contributed by atoms with Crippen LogP contribution in [0, 0.1) is 10.1 Å². The Morgan fingerprint density at radius 1 is 1.00 bits per heavy atom. The van der Waals surface area contributed by atoms with Crippen LogP contribution in [0.25, 0.3) is 10.8 Å². The zero-order chi connectivity index (χ0) is 16.2. The molecule has 3 aromatic carbocycles. The summed E-state index contributed by atoms with van der Waals surface area (Å²) >= 11 is 0. The summed E-state index contributed by atoms with van der Waals surface area (Å²) in [6, 6.07) is 19.1. The summed E-state index contributed by atoms with van der Waals surface area (Å²) in [6.07, 6.45) is 0.101. The number of hydrogen-bond acceptors (Lipinski definition) is 4. The minimum absolute atomic E-state index is 0.101. The van der Waals surface area contributed by atoms with Gasteiger partial charge in [0.25, 0.3) is 5.69 Å². The molecule has 0 saturated carbocycles. The summed E-state index contributed by atoms with van der Waals surface area (Å²) in [5, 5.41) is 12.8. The molecule has 0 amide bonds. The molecular formula is C18H13NO4. The van der Waals surface area contributed by atoms with E-state index in [4.69, 9.17) is 4.74 Å². The van der Waals surface area contributed by atoms with E-state index in [0.717, 1.165) is 16.3 Å². The second-order valence-electron chi connectivity index (χ2n) is 5.04. The fraction of sp³-hybridized carbons (Fsp3) is 0.0556. The molecule has 0 heterocycles. The van der Waals surface area contributed by atoms with Gasteiger partial charge in [0.1, 0.15) is 5.75 Å². The third-order valence-electron chi connectivity index (χ3n) is 3.47. The number of nitro groups is 1. The number of carbonyl (C=O) groups is 1. The number of rotatable bonds is 4. The highest BCUT2D eigenvalue weighted by Gasteiger charge is 2.12. The first kappa shape index (κ1) is 14.7. The molecule has 3 aromatic rings. The molecule has 0 unspecified atom stereocenters. The van der Waals surface area contributed by atoms with Gasteiger partial charge in [-0.3, -0.25) is 14.9 Å². The molecular weight excluding hydrogens is 294 g/mol. The lowest BCUT2D eigenvalue weighted by Gasteiger charge is -2.07. The Morgan fingerprint density at radius 3 is 2.57 bits per heavy atom. The van der Waals surface area contributed by atoms with E-state index in [2.05, 4.69) is 0 Å². The van der Waals surface area contributed by atoms with Gasteiger partial charge in [-0.15, -0.1) is 0 Å². The molecule has 0 spiro atoms. The number of nitrogens with zero attached hydrogens (tertiary/aromatic N) is 1. The molecule has 0 aliphatic rings. The molecule has 0 aromatic heterocycles. The van der Waals surface area contributed by atoms with E-state index in [1.807, 2.05) is 42.5 Å². The fourth-order valence-electron chi connectivity index (χ4n) is 2.43. The Balaban J connectivity index is 1.79. The van der Waals surface area contributed by atoms with Gasteiger partial charge in [-0.2, -0.15) is 0 Å². The molecule has 3 rings (SSSR count). The maximum absolute atomic E-state index is 12.1. The highest BCUT2D eigenvalue weighted by molar-refractivity contribution is 5.89. The number of non-ortho nitro benzene ring substituents is 1. The maximum Gasteiger partial charge on any atom is 0.315 e. The monoisotopic (exact) mass is 307 g/mol. The Hall–Kier alpha value is -3.21. The molecule has 0 N–H and O–H groups in total. The number of ether oxygens (including phenoxy) is 1. The van der Waals surface area contributed by atoms with Crippen LogP contribution in [-0.2, 0) is 11.2 Å². The van der Waals surface area contributed by atoms with E-state index >= 15 is 0 Å². The third-order valence-corrected chi connectivity index (χ3v) is 3.47. The van der Waals surface area contributed by atoms with E-state index in [-0.39, 0.29) is 17.9 Å². The molecule has 0 atom stereocenters. The van der Waals surface area contributed by atoms with Gasteiger partial charge >= 0.3 is 5.97 Å². The molecule has 0 aliphatic carbocycles. The highest BCUT2D eigenvalue weighted by Crippen LogP contribution is 2.22. The van der Waals surface area contributed by atoms with Crippen LogP contribution in [0.3, 0.4) is 0 Å². The molecule has 5 nitrogen and oxygen atoms in total. The quantitative estimate of drug-likeness (QED) is 0.317. The number of hydrogen-bond donors (Lipinski definition) is 0. The van der Waals surface area contributed by atoms with Crippen molar-refractivity contribution in [2.24, 2.45) is 0 Å². The molecule has 5 heteroatoms. The first-order chi connectivity index (χ1) is 11.1. The van der Waals surface area contributed by atoms with Crippen molar-refractivity contribution in [1.82, 2.24) is 0 Å². The van der Waals surface area contributed by atoms with Crippen molar-refractivity contribution >= 4 is 22.4 Å². The highest BCUT2D eigenvalue weighted by atomic mass is 16.6. The Labute approximate surface area is 132 Å². The molecule has 0 aliphatic heterocycles. The minimum Gasteiger partial charge on any atom is -0.426 e. The SMILES string of the molecule is O=C(Cc1cccc2ccccc12)Oc1cccc([N+](=O)[O-])c1. The number of benzene rings is 3. The van der Waals surface area contributed by atoms with Crippen molar-refractivity contribution in [2.45, 2.75) is 6.42 Å². The first-order valence-electron chi connectivity index (χ1n) is 7.05. The van der Waals surface area contributed by atoms with Crippen molar-refractivity contribution in [2.75, 3.05) is 0 Å². The van der Waals surface area contributed by atoms with Crippen LogP contribution in [0.15, 0.2) is 66.7 Å². The van der Waals surface area contributed by atoms with Crippen molar-refractivity contribution in [3.8, 4) is 5.75 Å². The zero-order valence-corrected chi connectivity index (χ0v) is 12.1. The molecule has 0 fully saturated rings. The summed E-state index contributed by atoms with van der Waals surface area (Å²) in [5.41, 5.74) is 0.749. The Morgan fingerprint density at radius 2 is 1.74 bits per heavy atom. The van der Waals surface area contributed by atoms with Crippen molar-refractivity contribution < 1.29 is 14.5 Å². The van der Waals surface area contributed by atoms with E-state index in [1.165, 1.54) is 24.3 Å². The van der Waals surface area contributed by atoms with E-state index in [9.17, 15) is 14.9 Å². The van der Waals surface area contributed by atoms with Crippen molar-refractivity contribution in [3.63, 3.8) is 0 Å². The van der Waals surface area contributed by atoms with Gasteiger partial charge in [0.2, 0.25) is 0 Å². The van der Waals surface area contributed by atoms with Gasteiger partial charge in [-0.05, 0) is 22.4 Å². The van der Waals surface area contributed by atoms with Crippen LogP contribution in [0.4, 0.5) is 5.69 Å². The second-order valence-corrected chi connectivity index (χ2v) is 5.04. The summed E-state index contributed by atoms with van der Waals surface area (Å²) < 4.78 is 5.21. The standard InChI is InChI=1S/C18H13NO4/c20-18(23-16-9-4-8-15(12-16)19(21)22)11-14-7-3-6-13-5-1-2-10-17(13)14/h1-10,12H,11H2. The van der Waals surface area contributed by atoms with Crippen LogP contribution >= 0.6 is 0 Å². The van der Waals surface area contributed by atoms with Crippen LogP contribution in [0.5, 0.6) is 5.75 Å². The molecule has 0 bridgehead atoms. The van der Waals surface area contributed by atoms with E-state index in [0.29, 0.717) is 0 Å². The number of esters is 1. The van der Waals surface area contributed by atoms with E-state index < -0.39 is 10.9 Å². The molecule has 114 valence electrons. The molecule has 23 heavy (non-hydrogen) atoms. The van der Waals surface area contributed by atoms with Crippen molar-refractivity contribution in [1.29, 1.82) is 0 Å². The smallest absolute Gasteiger partial charge is 0.315 e. The number of nitro benzene ring substituents is 1. The minimum atomic E-state index is -0.526. The van der Waals surface area contributed by atoms with Crippen LogP contribution < -0.4 is 4.74 Å². The second kappa shape index (κ2) is 6.27. The van der Waals surface area contributed by atoms with Gasteiger partial charge < -0.3 is 4.74 Å². The topological polar surface area (TPSA) is 69.4 Å². The maximum atomic E-state index is 12.1. The summed E-state index contributed by atoms with van der Waals surface area (Å²) in [7, 11) is 0. The van der Waals surface area contributed by atoms with Gasteiger partial charge in [-0.1, -0.05) is 48.5 Å². The average molecular weight is 307 g/mol. The molecule has 0 radical (unpaired) electrons. The zero-order valence-electron chi connectivity index (χ0n) is 12.1. The normalized spacial score (nSPS) is 10.4. The molecule has 0 saturated heterocycles. The predicted molar refractivity (Wildman–Crippen MR) is 86.4 cm³/mol. The predicted octanol–water partition coefficient (Wildman–Crippen LogP) is 3.90. The van der Waals surface area contributed by atoms with Gasteiger partial charge in [0.05, 0.1) is 17.4 Å². The lowest BCUT2D eigenvalue weighted by atomic mass is 10.0. The number of fused-ring (bicyclic) bond motifs is 1. The van der Waals surface area contributed by atoms with Crippen molar-refractivity contribution in [3.05, 3.63) is 82.4 Å². The Bertz CT molecular complexity index is 884. The summed E-state index contributed by atoms with van der Waals surface area (Å²) in [6.45, 7) is 0. The summed E-state index contributed by atoms with van der Waals surface area (Å²) in [4.78, 5) is 22.3. The van der Waals surface area contributed by atoms with E-state index in [1.54, 1.807) is 0 Å². The van der Waals surface area contributed by atoms with Gasteiger partial charge in [0, 0.05) is 6.07 Å². The average Bonchev–Trinajstić information content (AvgIpc) is 2.55. The largest absolute Gasteiger partial charge is 0.426 e. The van der Waals surface area contributed by atoms with Crippen LogP contribution in [-0.4, -0.2) is 10.9 Å². The van der Waals surface area contributed by atoms with Crippen LogP contribution in [0.1, 0.15) is 5.56 Å². The van der Waals surface area contributed by atoms with Crippen LogP contribution in [0.2, 0.25) is 0 Å². The summed E-state index contributed by atoms with van der Waals surface area (Å²) in [5.74, 6) is -0.286. The fourth-order valence-corrected chi connectivity index (χ4v) is 2.43. The lowest BCUT2D eigenvalue weighted by Crippen LogP contribution is -2.11. The number of carbonyl (C=O) groups excluding carboxylic acids is 1. The lowest BCUT2D eigenvalue weighted by molar-refractivity contribution is -0.384. The third kappa shape index (κ3) is 3.35. The first-order valence-corrected chi connectivity index (χ1v) is 7.05. The van der Waals surface area contributed by atoms with Gasteiger partial charge in [0.15, 0.2) is 0 Å². The van der Waals surface area contributed by atoms with Gasteiger partial charge in [-0.25, -0.2) is 0 Å².